The van der Waals surface area contributed by atoms with Crippen LogP contribution in [0.1, 0.15) is 38.7 Å². The van der Waals surface area contributed by atoms with Crippen molar-refractivity contribution in [3.05, 3.63) is 36.0 Å². The fourth-order valence-electron chi connectivity index (χ4n) is 4.91. The third-order valence-electron chi connectivity index (χ3n) is 6.28. The number of amides is 2. The molecular weight excluding hydrogens is 340 g/mol. The number of nitrogens with one attached hydrogen (secondary N) is 2. The molecule has 3 heterocycles. The lowest BCUT2D eigenvalue weighted by Gasteiger charge is -2.45. The minimum Gasteiger partial charge on any atom is -0.361 e. The Morgan fingerprint density at radius 2 is 2.00 bits per heavy atom. The highest BCUT2D eigenvalue weighted by atomic mass is 16.2. The maximum absolute atomic E-state index is 11.7. The van der Waals surface area contributed by atoms with Crippen LogP contribution in [0.2, 0.25) is 0 Å². The first-order chi connectivity index (χ1) is 12.9. The van der Waals surface area contributed by atoms with Crippen molar-refractivity contribution >= 4 is 22.7 Å². The van der Waals surface area contributed by atoms with E-state index in [4.69, 9.17) is 0 Å². The number of carbonyl (C=O) groups is 2. The number of benzene rings is 1. The predicted octanol–water partition coefficient (Wildman–Crippen LogP) is 2.26. The lowest BCUT2D eigenvalue weighted by atomic mass is 9.84. The second kappa shape index (κ2) is 7.00. The Bertz CT molecular complexity index is 851. The molecule has 1 aromatic heterocycles. The van der Waals surface area contributed by atoms with Gasteiger partial charge in [0.05, 0.1) is 0 Å². The van der Waals surface area contributed by atoms with Crippen LogP contribution >= 0.6 is 0 Å². The molecule has 6 nitrogen and oxygen atoms in total. The SMILES string of the molecule is CC(=O)NC1CN(Cc2ccc3[nH]ccc3c2)C2(CCN(C(C)=O)CC2)C1. The molecule has 2 amide bonds. The number of hydrogen-bond acceptors (Lipinski definition) is 3. The molecule has 2 aromatic rings. The Morgan fingerprint density at radius 1 is 1.22 bits per heavy atom. The average Bonchev–Trinajstić information content (AvgIpc) is 3.20. The molecule has 4 rings (SSSR count). The van der Waals surface area contributed by atoms with Crippen molar-refractivity contribution in [2.24, 2.45) is 0 Å². The van der Waals surface area contributed by atoms with Crippen LogP contribution in [0.3, 0.4) is 0 Å². The van der Waals surface area contributed by atoms with Gasteiger partial charge in [-0.3, -0.25) is 14.5 Å². The smallest absolute Gasteiger partial charge is 0.219 e. The van der Waals surface area contributed by atoms with Crippen molar-refractivity contribution in [1.29, 1.82) is 0 Å². The largest absolute Gasteiger partial charge is 0.361 e. The molecule has 2 N–H and O–H groups in total. The Morgan fingerprint density at radius 3 is 2.70 bits per heavy atom. The lowest BCUT2D eigenvalue weighted by Crippen LogP contribution is -2.52. The van der Waals surface area contributed by atoms with E-state index in [2.05, 4.69) is 39.5 Å². The molecule has 2 saturated heterocycles. The maximum atomic E-state index is 11.7. The Balaban J connectivity index is 1.55. The third kappa shape index (κ3) is 3.58. The first-order valence-corrected chi connectivity index (χ1v) is 9.79. The Hall–Kier alpha value is -2.34. The summed E-state index contributed by atoms with van der Waals surface area (Å²) < 4.78 is 0. The molecule has 0 radical (unpaired) electrons. The molecule has 2 fully saturated rings. The maximum Gasteiger partial charge on any atom is 0.219 e. The molecule has 27 heavy (non-hydrogen) atoms. The number of likely N-dealkylation sites (tertiary alicyclic amines) is 2. The Kier molecular flexibility index (Phi) is 4.68. The van der Waals surface area contributed by atoms with E-state index in [1.807, 2.05) is 11.1 Å². The number of carbonyl (C=O) groups excluding carboxylic acids is 2. The van der Waals surface area contributed by atoms with E-state index < -0.39 is 0 Å². The number of H-pyrrole nitrogens is 1. The van der Waals surface area contributed by atoms with Crippen LogP contribution in [-0.4, -0.2) is 57.8 Å². The van der Waals surface area contributed by atoms with Crippen LogP contribution in [0, 0.1) is 0 Å². The molecule has 1 unspecified atom stereocenters. The summed E-state index contributed by atoms with van der Waals surface area (Å²) in [5, 5.41) is 4.35. The molecule has 1 spiro atoms. The number of hydrogen-bond donors (Lipinski definition) is 2. The number of nitrogens with zero attached hydrogens (tertiary/aromatic N) is 2. The second-order valence-corrected chi connectivity index (χ2v) is 8.11. The fourth-order valence-corrected chi connectivity index (χ4v) is 4.91. The van der Waals surface area contributed by atoms with E-state index in [0.29, 0.717) is 0 Å². The van der Waals surface area contributed by atoms with Gasteiger partial charge < -0.3 is 15.2 Å². The molecule has 1 aromatic carbocycles. The fraction of sp³-hybridized carbons (Fsp3) is 0.524. The van der Waals surface area contributed by atoms with Crippen molar-refractivity contribution < 1.29 is 9.59 Å². The van der Waals surface area contributed by atoms with Gasteiger partial charge >= 0.3 is 0 Å². The van der Waals surface area contributed by atoms with E-state index >= 15 is 0 Å². The standard InChI is InChI=1S/C21H28N4O2/c1-15(26)23-19-12-21(6-9-24(10-7-21)16(2)27)25(14-19)13-17-3-4-20-18(11-17)5-8-22-20/h3-5,8,11,19,22H,6-7,9-10,12-14H2,1-2H3,(H,23,26). The van der Waals surface area contributed by atoms with Crippen LogP contribution in [-0.2, 0) is 16.1 Å². The van der Waals surface area contributed by atoms with E-state index in [1.165, 1.54) is 10.9 Å². The summed E-state index contributed by atoms with van der Waals surface area (Å²) in [6.45, 7) is 6.58. The molecule has 0 aliphatic carbocycles. The summed E-state index contributed by atoms with van der Waals surface area (Å²) >= 11 is 0. The van der Waals surface area contributed by atoms with E-state index in [1.54, 1.807) is 13.8 Å². The number of aromatic amines is 1. The summed E-state index contributed by atoms with van der Waals surface area (Å²) in [4.78, 5) is 31.1. The third-order valence-corrected chi connectivity index (χ3v) is 6.28. The molecule has 2 aliphatic heterocycles. The van der Waals surface area contributed by atoms with Crippen LogP contribution in [0.5, 0.6) is 0 Å². The van der Waals surface area contributed by atoms with E-state index in [9.17, 15) is 9.59 Å². The lowest BCUT2D eigenvalue weighted by molar-refractivity contribution is -0.131. The predicted molar refractivity (Wildman–Crippen MR) is 105 cm³/mol. The van der Waals surface area contributed by atoms with E-state index in [0.717, 1.165) is 51.0 Å². The molecule has 1 atom stereocenters. The van der Waals surface area contributed by atoms with Gasteiger partial charge in [-0.25, -0.2) is 0 Å². The highest BCUT2D eigenvalue weighted by Gasteiger charge is 2.47. The first-order valence-electron chi connectivity index (χ1n) is 9.79. The summed E-state index contributed by atoms with van der Waals surface area (Å²) in [5.74, 6) is 0.192. The quantitative estimate of drug-likeness (QED) is 0.873. The van der Waals surface area contributed by atoms with Gasteiger partial charge in [0.1, 0.15) is 0 Å². The zero-order valence-corrected chi connectivity index (χ0v) is 16.1. The topological polar surface area (TPSA) is 68.4 Å². The molecule has 144 valence electrons. The van der Waals surface area contributed by atoms with Crippen molar-refractivity contribution in [2.75, 3.05) is 19.6 Å². The van der Waals surface area contributed by atoms with Gasteiger partial charge in [-0.15, -0.1) is 0 Å². The minimum absolute atomic E-state index is 0.0342. The van der Waals surface area contributed by atoms with Crippen LogP contribution in [0.15, 0.2) is 30.5 Å². The van der Waals surface area contributed by atoms with Crippen molar-refractivity contribution in [1.82, 2.24) is 20.1 Å². The summed E-state index contributed by atoms with van der Waals surface area (Å²) in [5.41, 5.74) is 2.51. The average molecular weight is 368 g/mol. The molecule has 0 bridgehead atoms. The van der Waals surface area contributed by atoms with Gasteiger partial charge in [-0.2, -0.15) is 0 Å². The van der Waals surface area contributed by atoms with Crippen molar-refractivity contribution in [3.8, 4) is 0 Å². The van der Waals surface area contributed by atoms with E-state index in [-0.39, 0.29) is 23.4 Å². The van der Waals surface area contributed by atoms with Crippen molar-refractivity contribution in [3.63, 3.8) is 0 Å². The number of fused-ring (bicyclic) bond motifs is 1. The van der Waals surface area contributed by atoms with Gasteiger partial charge in [0.15, 0.2) is 0 Å². The zero-order chi connectivity index (χ0) is 19.0. The summed E-state index contributed by atoms with van der Waals surface area (Å²) in [7, 11) is 0. The van der Waals surface area contributed by atoms with Gasteiger partial charge in [0.2, 0.25) is 11.8 Å². The second-order valence-electron chi connectivity index (χ2n) is 8.11. The highest BCUT2D eigenvalue weighted by molar-refractivity contribution is 5.79. The number of piperidine rings is 1. The summed E-state index contributed by atoms with van der Waals surface area (Å²) in [6.07, 6.45) is 4.87. The van der Waals surface area contributed by atoms with Crippen LogP contribution in [0.25, 0.3) is 10.9 Å². The molecular formula is C21H28N4O2. The van der Waals surface area contributed by atoms with Gasteiger partial charge in [-0.1, -0.05) is 6.07 Å². The first kappa shape index (κ1) is 18.0. The van der Waals surface area contributed by atoms with Crippen LogP contribution < -0.4 is 5.32 Å². The van der Waals surface area contributed by atoms with Gasteiger partial charge in [0.25, 0.3) is 0 Å². The zero-order valence-electron chi connectivity index (χ0n) is 16.1. The minimum atomic E-state index is 0.0342. The normalized spacial score (nSPS) is 22.4. The molecule has 6 heteroatoms. The van der Waals surface area contributed by atoms with Crippen molar-refractivity contribution in [2.45, 2.75) is 51.2 Å². The molecule has 2 aliphatic rings. The summed E-state index contributed by atoms with van der Waals surface area (Å²) in [6, 6.07) is 8.85. The number of rotatable bonds is 3. The van der Waals surface area contributed by atoms with Gasteiger partial charge in [0, 0.05) is 63.3 Å². The monoisotopic (exact) mass is 368 g/mol. The number of aromatic nitrogens is 1. The highest BCUT2D eigenvalue weighted by Crippen LogP contribution is 2.39. The Labute approximate surface area is 159 Å². The van der Waals surface area contributed by atoms with Crippen LogP contribution in [0.4, 0.5) is 0 Å². The van der Waals surface area contributed by atoms with Gasteiger partial charge in [-0.05, 0) is 48.4 Å². The molecule has 0 saturated carbocycles.